The summed E-state index contributed by atoms with van der Waals surface area (Å²) in [5.41, 5.74) is 10.1. The van der Waals surface area contributed by atoms with Gasteiger partial charge >= 0.3 is 0 Å². The Labute approximate surface area is 423 Å². The van der Waals surface area contributed by atoms with E-state index in [9.17, 15) is 0 Å². The van der Waals surface area contributed by atoms with Crippen LogP contribution >= 0.6 is 22.7 Å². The Morgan fingerprint density at radius 1 is 0.493 bits per heavy atom. The number of hydrogen-bond acceptors (Lipinski definition) is 7. The van der Waals surface area contributed by atoms with Crippen LogP contribution in [0.5, 0.6) is 0 Å². The molecular formula is C59H34B5N3O2S2. The number of aryl methyl sites for hydroxylation is 1. The van der Waals surface area contributed by atoms with E-state index < -0.39 is 0 Å². The van der Waals surface area contributed by atoms with Crippen LogP contribution in [0, 0.1) is 6.92 Å². The molecule has 5 heterocycles. The average molecular weight is 935 g/mol. The summed E-state index contributed by atoms with van der Waals surface area (Å²) in [6, 6.07) is 47.8. The lowest BCUT2D eigenvalue weighted by atomic mass is 9.59. The normalized spacial score (nSPS) is 13.5. The first kappa shape index (κ1) is 43.6. The van der Waals surface area contributed by atoms with Gasteiger partial charge in [0.15, 0.2) is 11.6 Å². The van der Waals surface area contributed by atoms with E-state index in [1.807, 2.05) is 84.2 Å². The van der Waals surface area contributed by atoms with Crippen LogP contribution < -0.4 is 27.3 Å². The molecule has 13 aromatic rings. The zero-order valence-electron chi connectivity index (χ0n) is 38.6. The molecule has 71 heavy (non-hydrogen) atoms. The Morgan fingerprint density at radius 3 is 1.87 bits per heavy atom. The first-order valence-corrected chi connectivity index (χ1v) is 25.0. The maximum Gasteiger partial charge on any atom is 0.164 e. The lowest BCUT2D eigenvalue weighted by molar-refractivity contribution is 0.669. The van der Waals surface area contributed by atoms with E-state index in [0.717, 1.165) is 61.4 Å². The van der Waals surface area contributed by atoms with E-state index in [2.05, 4.69) is 104 Å². The molecule has 0 saturated carbocycles. The average Bonchev–Trinajstić information content (AvgIpc) is 4.18. The van der Waals surface area contributed by atoms with Gasteiger partial charge < -0.3 is 8.83 Å². The number of thiophene rings is 2. The highest BCUT2D eigenvalue weighted by molar-refractivity contribution is 7.25. The third kappa shape index (κ3) is 7.05. The molecule has 0 saturated heterocycles. The summed E-state index contributed by atoms with van der Waals surface area (Å²) >= 11 is 3.73. The summed E-state index contributed by atoms with van der Waals surface area (Å²) < 4.78 is 17.0. The number of rotatable bonds is 4. The van der Waals surface area contributed by atoms with Gasteiger partial charge in [0.2, 0.25) is 0 Å². The topological polar surface area (TPSA) is 65.0 Å². The third-order valence-electron chi connectivity index (χ3n) is 13.8. The largest absolute Gasteiger partial charge is 0.456 e. The molecule has 1 atom stereocenters. The zero-order chi connectivity index (χ0) is 48.2. The van der Waals surface area contributed by atoms with Crippen molar-refractivity contribution in [2.24, 2.45) is 0 Å². The van der Waals surface area contributed by atoms with Crippen LogP contribution in [0.1, 0.15) is 35.5 Å². The lowest BCUT2D eigenvalue weighted by Gasteiger charge is -2.21. The highest BCUT2D eigenvalue weighted by Crippen LogP contribution is 2.45. The number of benzene rings is 8. The van der Waals surface area contributed by atoms with Crippen molar-refractivity contribution in [3.8, 4) is 45.0 Å². The van der Waals surface area contributed by atoms with Gasteiger partial charge in [0.1, 0.15) is 67.4 Å². The van der Waals surface area contributed by atoms with Crippen molar-refractivity contribution in [2.45, 2.75) is 26.2 Å². The van der Waals surface area contributed by atoms with Crippen LogP contribution in [-0.4, -0.2) is 54.2 Å². The maximum atomic E-state index is 6.58. The van der Waals surface area contributed by atoms with Crippen molar-refractivity contribution in [3.05, 3.63) is 162 Å². The molecule has 12 heteroatoms. The number of fused-ring (bicyclic) bond motifs is 12. The number of furan rings is 2. The van der Waals surface area contributed by atoms with Crippen LogP contribution in [-0.2, 0) is 0 Å². The predicted molar refractivity (Wildman–Crippen MR) is 305 cm³/mol. The minimum absolute atomic E-state index is 0.163. The number of hydrogen-bond donors (Lipinski definition) is 0. The Balaban J connectivity index is 0.000000325. The molecule has 10 radical (unpaired) electrons. The highest BCUT2D eigenvalue weighted by Gasteiger charge is 2.23. The molecule has 14 rings (SSSR count). The van der Waals surface area contributed by atoms with Gasteiger partial charge in [0.05, 0.1) is 0 Å². The fourth-order valence-corrected chi connectivity index (χ4v) is 12.7. The standard InChI is InChI=1S/C47H26B5N3O2S.C12H8S/c1-21-7-3-9-27-26-17-15-24(20-35(26)58-45(21)27)46-53-22(2)54-47(55-46)30-12-6-13-33-37(30)31-19-23(16-18-32(31)56-33)25-8-5-14-34-36(25)28-10-4-11-29(44(28)57-34)38-39(48)41(50)43(52)42(51)40(38)49;1-3-7-11-9(5-1)10-6-2-4-8-12(10)13-11/h3-6,8-21H,7H2,1-2H3;1-8H. The van der Waals surface area contributed by atoms with E-state index in [-0.39, 0.29) is 27.3 Å². The molecule has 0 spiro atoms. The molecule has 0 aliphatic heterocycles. The van der Waals surface area contributed by atoms with E-state index in [1.165, 1.54) is 40.7 Å². The van der Waals surface area contributed by atoms with Crippen molar-refractivity contribution in [3.63, 3.8) is 0 Å². The molecule has 1 unspecified atom stereocenters. The quantitative estimate of drug-likeness (QED) is 0.165. The highest BCUT2D eigenvalue weighted by atomic mass is 32.1. The number of aromatic nitrogens is 3. The van der Waals surface area contributed by atoms with E-state index >= 15 is 0 Å². The molecule has 5 aromatic heterocycles. The molecule has 0 amide bonds. The van der Waals surface area contributed by atoms with Gasteiger partial charge in [-0.2, -0.15) is 0 Å². The lowest BCUT2D eigenvalue weighted by Crippen LogP contribution is -2.55. The first-order chi connectivity index (χ1) is 34.6. The Kier molecular flexibility index (Phi) is 10.4. The molecule has 8 aromatic carbocycles. The van der Waals surface area contributed by atoms with Gasteiger partial charge in [-0.3, -0.25) is 0 Å². The second-order valence-electron chi connectivity index (χ2n) is 18.2. The zero-order valence-corrected chi connectivity index (χ0v) is 40.2. The summed E-state index contributed by atoms with van der Waals surface area (Å²) in [6.07, 6.45) is 5.61. The van der Waals surface area contributed by atoms with Gasteiger partial charge in [-0.05, 0) is 84.0 Å². The fraction of sp³-hybridized carbons (Fsp3) is 0.0678. The van der Waals surface area contributed by atoms with Crippen molar-refractivity contribution in [1.29, 1.82) is 0 Å². The Morgan fingerprint density at radius 2 is 1.11 bits per heavy atom. The summed E-state index contributed by atoms with van der Waals surface area (Å²) in [5.74, 6) is 2.37. The number of allylic oxidation sites excluding steroid dienone is 1. The number of nitrogens with zero attached hydrogens (tertiary/aromatic N) is 3. The Hall–Kier alpha value is -7.39. The minimum Gasteiger partial charge on any atom is -0.456 e. The summed E-state index contributed by atoms with van der Waals surface area (Å²) in [7, 11) is 31.7. The van der Waals surface area contributed by atoms with Crippen LogP contribution in [0.3, 0.4) is 0 Å². The molecule has 324 valence electrons. The van der Waals surface area contributed by atoms with Crippen LogP contribution in [0.4, 0.5) is 0 Å². The van der Waals surface area contributed by atoms with Crippen LogP contribution in [0.2, 0.25) is 0 Å². The second-order valence-corrected chi connectivity index (χ2v) is 20.3. The summed E-state index contributed by atoms with van der Waals surface area (Å²) in [5, 5.41) is 7.71. The van der Waals surface area contributed by atoms with E-state index in [1.54, 1.807) is 0 Å². The van der Waals surface area contributed by atoms with Gasteiger partial charge in [-0.1, -0.05) is 127 Å². The smallest absolute Gasteiger partial charge is 0.164 e. The SMILES string of the molecule is [B]c1c([B])c([B])c(-c2cccc3c2oc2cccc(-c4ccc5oc6cccc(-c7nc(C)nc(-c8ccc9c%10c(sc9c8)C(C)CC=C%10)n7)c6c5c4)c23)c([B])c1[B].c1ccc2c(c1)sc1ccccc12. The molecular weight excluding hydrogens is 901 g/mol. The Bertz CT molecular complexity index is 4320. The molecule has 0 bridgehead atoms. The maximum absolute atomic E-state index is 6.58. The molecule has 0 N–H and O–H groups in total. The monoisotopic (exact) mass is 935 g/mol. The van der Waals surface area contributed by atoms with Gasteiger partial charge in [0.25, 0.3) is 0 Å². The van der Waals surface area contributed by atoms with Crippen LogP contribution in [0.15, 0.2) is 154 Å². The molecule has 0 fully saturated rings. The van der Waals surface area contributed by atoms with E-state index in [4.69, 9.17) is 63.0 Å². The van der Waals surface area contributed by atoms with Gasteiger partial charge in [0, 0.05) is 73.4 Å². The minimum atomic E-state index is 0.163. The fourth-order valence-electron chi connectivity index (χ4n) is 10.3. The van der Waals surface area contributed by atoms with Crippen molar-refractivity contribution >= 4 is 169 Å². The first-order valence-electron chi connectivity index (χ1n) is 23.3. The van der Waals surface area contributed by atoms with Crippen molar-refractivity contribution < 1.29 is 8.83 Å². The number of para-hydroxylation sites is 1. The van der Waals surface area contributed by atoms with Crippen LogP contribution in [0.25, 0.3) is 125 Å². The molecule has 1 aliphatic rings. The molecule has 5 nitrogen and oxygen atoms in total. The summed E-state index contributed by atoms with van der Waals surface area (Å²) in [4.78, 5) is 16.2. The van der Waals surface area contributed by atoms with E-state index in [0.29, 0.717) is 45.7 Å². The van der Waals surface area contributed by atoms with Gasteiger partial charge in [-0.25, -0.2) is 15.0 Å². The second kappa shape index (κ2) is 16.9. The van der Waals surface area contributed by atoms with Crippen molar-refractivity contribution in [2.75, 3.05) is 0 Å². The predicted octanol–water partition coefficient (Wildman–Crippen LogP) is 11.4. The van der Waals surface area contributed by atoms with Crippen molar-refractivity contribution in [1.82, 2.24) is 15.0 Å². The summed E-state index contributed by atoms with van der Waals surface area (Å²) in [6.45, 7) is 4.21. The third-order valence-corrected chi connectivity index (χ3v) is 16.4. The van der Waals surface area contributed by atoms with Gasteiger partial charge in [-0.15, -0.1) is 39.1 Å². The molecule has 1 aliphatic carbocycles.